The van der Waals surface area contributed by atoms with Crippen LogP contribution in [0.4, 0.5) is 0 Å². The van der Waals surface area contributed by atoms with Gasteiger partial charge >= 0.3 is 0 Å². The largest absolute Gasteiger partial charge is 0.0843 e. The van der Waals surface area contributed by atoms with Gasteiger partial charge in [-0.15, -0.1) is 0 Å². The van der Waals surface area contributed by atoms with Crippen LogP contribution >= 0.6 is 23.2 Å². The summed E-state index contributed by atoms with van der Waals surface area (Å²) >= 11 is 11.8. The zero-order chi connectivity index (χ0) is 11.1. The molecule has 0 aromatic heterocycles. The minimum Gasteiger partial charge on any atom is -0.0843 e. The lowest BCUT2D eigenvalue weighted by Gasteiger charge is -2.06. The van der Waals surface area contributed by atoms with Gasteiger partial charge in [-0.25, -0.2) is 0 Å². The van der Waals surface area contributed by atoms with Crippen molar-refractivity contribution < 1.29 is 0 Å². The van der Waals surface area contributed by atoms with Gasteiger partial charge in [0.25, 0.3) is 0 Å². The molecule has 0 saturated heterocycles. The van der Waals surface area contributed by atoms with Crippen LogP contribution < -0.4 is 0 Å². The van der Waals surface area contributed by atoms with Crippen molar-refractivity contribution >= 4 is 23.2 Å². The summed E-state index contributed by atoms with van der Waals surface area (Å²) in [5.41, 5.74) is 1.14. The Morgan fingerprint density at radius 1 is 1.14 bits per heavy atom. The van der Waals surface area contributed by atoms with Crippen molar-refractivity contribution in [3.63, 3.8) is 0 Å². The molecule has 80 valence electrons. The molecule has 2 heteroatoms. The van der Waals surface area contributed by atoms with Gasteiger partial charge in [-0.1, -0.05) is 50.9 Å². The molecule has 0 N–H and O–H groups in total. The molecule has 0 nitrogen and oxygen atoms in total. The maximum atomic E-state index is 5.98. The van der Waals surface area contributed by atoms with E-state index < -0.39 is 0 Å². The second kappa shape index (κ2) is 7.14. The predicted molar refractivity (Wildman–Crippen MR) is 66.4 cm³/mol. The van der Waals surface area contributed by atoms with Crippen molar-refractivity contribution in [3.05, 3.63) is 33.8 Å². The summed E-state index contributed by atoms with van der Waals surface area (Å²) in [5, 5.41) is 1.57. The number of rotatable bonds is 2. The van der Waals surface area contributed by atoms with Gasteiger partial charge in [0.1, 0.15) is 0 Å². The highest BCUT2D eigenvalue weighted by Crippen LogP contribution is 2.22. The highest BCUT2D eigenvalue weighted by Gasteiger charge is 2.03. The molecule has 0 saturated carbocycles. The Balaban J connectivity index is 0.000000791. The molecule has 1 aromatic rings. The topological polar surface area (TPSA) is 0 Å². The van der Waals surface area contributed by atoms with E-state index in [2.05, 4.69) is 13.8 Å². The van der Waals surface area contributed by atoms with Gasteiger partial charge in [-0.2, -0.15) is 0 Å². The average molecular weight is 233 g/mol. The third-order valence-electron chi connectivity index (χ3n) is 1.64. The first-order valence-corrected chi connectivity index (χ1v) is 5.79. The molecule has 0 amide bonds. The predicted octanol–water partition coefficient (Wildman–Crippen LogP) is 5.22. The zero-order valence-corrected chi connectivity index (χ0v) is 10.8. The fraction of sp³-hybridized carbons (Fsp3) is 0.500. The minimum absolute atomic E-state index is 0.612. The van der Waals surface area contributed by atoms with E-state index in [1.807, 2.05) is 32.0 Å². The number of benzene rings is 1. The molecule has 0 aliphatic heterocycles. The molecule has 0 unspecified atom stereocenters. The van der Waals surface area contributed by atoms with Crippen LogP contribution in [0.3, 0.4) is 0 Å². The molecule has 0 spiro atoms. The molecule has 0 aliphatic rings. The van der Waals surface area contributed by atoms with Gasteiger partial charge < -0.3 is 0 Å². The minimum atomic E-state index is 0.612. The van der Waals surface area contributed by atoms with Gasteiger partial charge in [-0.05, 0) is 36.1 Å². The van der Waals surface area contributed by atoms with Gasteiger partial charge in [0.15, 0.2) is 0 Å². The first-order chi connectivity index (χ1) is 6.59. The maximum absolute atomic E-state index is 5.98. The Labute approximate surface area is 97.2 Å². The number of halogens is 2. The Bertz CT molecular complexity index is 267. The van der Waals surface area contributed by atoms with Gasteiger partial charge in [0.2, 0.25) is 0 Å². The van der Waals surface area contributed by atoms with E-state index in [-0.39, 0.29) is 0 Å². The molecule has 1 aromatic carbocycles. The first kappa shape index (κ1) is 13.8. The number of hydrogen-bond donors (Lipinski definition) is 0. The number of hydrogen-bond acceptors (Lipinski definition) is 0. The van der Waals surface area contributed by atoms with Crippen LogP contribution in [0.2, 0.25) is 10.0 Å². The van der Waals surface area contributed by atoms with E-state index in [4.69, 9.17) is 23.2 Å². The normalized spacial score (nSPS) is 9.64. The van der Waals surface area contributed by atoms with Crippen molar-refractivity contribution in [3.8, 4) is 0 Å². The fourth-order valence-corrected chi connectivity index (χ4v) is 1.53. The molecule has 0 fully saturated rings. The quantitative estimate of drug-likeness (QED) is 0.657. The van der Waals surface area contributed by atoms with Crippen molar-refractivity contribution in [2.24, 2.45) is 5.92 Å². The van der Waals surface area contributed by atoms with E-state index in [0.717, 1.165) is 22.0 Å². The molecule has 0 atom stereocenters. The van der Waals surface area contributed by atoms with Crippen LogP contribution in [0.15, 0.2) is 18.2 Å². The van der Waals surface area contributed by atoms with E-state index in [9.17, 15) is 0 Å². The van der Waals surface area contributed by atoms with Crippen LogP contribution in [0, 0.1) is 5.92 Å². The van der Waals surface area contributed by atoms with Crippen molar-refractivity contribution in [2.75, 3.05) is 0 Å². The molecule has 1 rings (SSSR count). The summed E-state index contributed by atoms with van der Waals surface area (Å²) in [6.07, 6.45) is 0.986. The third kappa shape index (κ3) is 4.88. The van der Waals surface area contributed by atoms with E-state index >= 15 is 0 Å². The monoisotopic (exact) mass is 232 g/mol. The second-order valence-electron chi connectivity index (χ2n) is 3.33. The molecule has 0 radical (unpaired) electrons. The second-order valence-corrected chi connectivity index (χ2v) is 4.18. The molecule has 0 heterocycles. The lowest BCUT2D eigenvalue weighted by Crippen LogP contribution is -1.94. The first-order valence-electron chi connectivity index (χ1n) is 5.03. The lowest BCUT2D eigenvalue weighted by atomic mass is 10.0. The third-order valence-corrected chi connectivity index (χ3v) is 2.24. The van der Waals surface area contributed by atoms with E-state index in [0.29, 0.717) is 5.92 Å². The Hall–Kier alpha value is -0.200. The van der Waals surface area contributed by atoms with Crippen molar-refractivity contribution in [2.45, 2.75) is 34.1 Å². The van der Waals surface area contributed by atoms with Crippen molar-refractivity contribution in [1.29, 1.82) is 0 Å². The van der Waals surface area contributed by atoms with Crippen LogP contribution in [0.25, 0.3) is 0 Å². The standard InChI is InChI=1S/C10H12Cl2.C2H6/c1-7(2)5-8-6-9(11)3-4-10(8)12;1-2/h3-4,6-7H,5H2,1-2H3;1-2H3. The van der Waals surface area contributed by atoms with Crippen LogP contribution in [0.1, 0.15) is 33.3 Å². The summed E-state index contributed by atoms with van der Waals surface area (Å²) in [6.45, 7) is 8.33. The maximum Gasteiger partial charge on any atom is 0.0439 e. The summed E-state index contributed by atoms with van der Waals surface area (Å²) in [6, 6.07) is 5.60. The highest BCUT2D eigenvalue weighted by molar-refractivity contribution is 6.33. The fourth-order valence-electron chi connectivity index (χ4n) is 1.14. The van der Waals surface area contributed by atoms with Crippen LogP contribution in [-0.2, 0) is 6.42 Å². The van der Waals surface area contributed by atoms with Gasteiger partial charge in [0, 0.05) is 10.0 Å². The summed E-state index contributed by atoms with van der Waals surface area (Å²) < 4.78 is 0. The summed E-state index contributed by atoms with van der Waals surface area (Å²) in [7, 11) is 0. The van der Waals surface area contributed by atoms with Gasteiger partial charge in [0.05, 0.1) is 0 Å². The van der Waals surface area contributed by atoms with E-state index in [1.165, 1.54) is 0 Å². The van der Waals surface area contributed by atoms with Crippen LogP contribution in [-0.4, -0.2) is 0 Å². The Morgan fingerprint density at radius 3 is 2.21 bits per heavy atom. The Morgan fingerprint density at radius 2 is 1.71 bits per heavy atom. The van der Waals surface area contributed by atoms with Crippen molar-refractivity contribution in [1.82, 2.24) is 0 Å². The molecule has 0 aliphatic carbocycles. The SMILES string of the molecule is CC.CC(C)Cc1cc(Cl)ccc1Cl. The molecular formula is C12H18Cl2. The molecular weight excluding hydrogens is 215 g/mol. The summed E-state index contributed by atoms with van der Waals surface area (Å²) in [5.74, 6) is 0.612. The Kier molecular flexibility index (Phi) is 7.04. The lowest BCUT2D eigenvalue weighted by molar-refractivity contribution is 0.647. The van der Waals surface area contributed by atoms with E-state index in [1.54, 1.807) is 0 Å². The smallest absolute Gasteiger partial charge is 0.0439 e. The average Bonchev–Trinajstić information content (AvgIpc) is 2.14. The molecule has 0 bridgehead atoms. The van der Waals surface area contributed by atoms with Gasteiger partial charge in [-0.3, -0.25) is 0 Å². The highest BCUT2D eigenvalue weighted by atomic mass is 35.5. The zero-order valence-electron chi connectivity index (χ0n) is 9.27. The molecule has 14 heavy (non-hydrogen) atoms. The summed E-state index contributed by atoms with van der Waals surface area (Å²) in [4.78, 5) is 0. The van der Waals surface area contributed by atoms with Crippen LogP contribution in [0.5, 0.6) is 0 Å².